The minimum absolute atomic E-state index is 0.0532. The number of nitrogens with zero attached hydrogens (tertiary/aromatic N) is 2. The molecule has 98 valence electrons. The summed E-state index contributed by atoms with van der Waals surface area (Å²) in [7, 11) is 0. The summed E-state index contributed by atoms with van der Waals surface area (Å²) < 4.78 is 0. The van der Waals surface area contributed by atoms with E-state index in [1.807, 2.05) is 25.7 Å². The smallest absolute Gasteiger partial charge is 0.239 e. The van der Waals surface area contributed by atoms with Crippen molar-refractivity contribution in [1.29, 1.82) is 0 Å². The highest BCUT2D eigenvalue weighted by Gasteiger charge is 2.28. The molecule has 1 rings (SSSR count). The minimum atomic E-state index is -0.0532. The maximum Gasteiger partial charge on any atom is 0.239 e. The Morgan fingerprint density at radius 2 is 1.88 bits per heavy atom. The Labute approximate surface area is 104 Å². The van der Waals surface area contributed by atoms with E-state index in [-0.39, 0.29) is 17.9 Å². The van der Waals surface area contributed by atoms with E-state index in [9.17, 15) is 9.59 Å². The molecule has 0 N–H and O–H groups in total. The van der Waals surface area contributed by atoms with Crippen LogP contribution < -0.4 is 0 Å². The van der Waals surface area contributed by atoms with Crippen molar-refractivity contribution in [3.8, 4) is 0 Å². The van der Waals surface area contributed by atoms with Crippen LogP contribution in [0, 0.1) is 5.92 Å². The van der Waals surface area contributed by atoms with Gasteiger partial charge in [-0.25, -0.2) is 0 Å². The quantitative estimate of drug-likeness (QED) is 0.677. The van der Waals surface area contributed by atoms with E-state index in [0.717, 1.165) is 45.3 Å². The molecule has 17 heavy (non-hydrogen) atoms. The second-order valence-corrected chi connectivity index (χ2v) is 4.70. The van der Waals surface area contributed by atoms with Crippen molar-refractivity contribution in [1.82, 2.24) is 9.80 Å². The van der Waals surface area contributed by atoms with E-state index >= 15 is 0 Å². The number of aldehydes is 1. The number of carbonyl (C=O) groups is 2. The van der Waals surface area contributed by atoms with Crippen LogP contribution in [0.2, 0.25) is 0 Å². The molecular weight excluding hydrogens is 216 g/mol. The van der Waals surface area contributed by atoms with E-state index in [2.05, 4.69) is 4.90 Å². The monoisotopic (exact) mass is 240 g/mol. The van der Waals surface area contributed by atoms with Gasteiger partial charge in [0.2, 0.25) is 5.91 Å². The van der Waals surface area contributed by atoms with Crippen LogP contribution in [0.5, 0.6) is 0 Å². The van der Waals surface area contributed by atoms with Crippen molar-refractivity contribution in [3.05, 3.63) is 0 Å². The first-order valence-corrected chi connectivity index (χ1v) is 6.62. The topological polar surface area (TPSA) is 40.6 Å². The molecule has 1 atom stereocenters. The van der Waals surface area contributed by atoms with Crippen LogP contribution in [0.1, 0.15) is 33.6 Å². The predicted molar refractivity (Wildman–Crippen MR) is 67.8 cm³/mol. The van der Waals surface area contributed by atoms with Gasteiger partial charge < -0.3 is 9.69 Å². The van der Waals surface area contributed by atoms with Crippen LogP contribution in [0.15, 0.2) is 0 Å². The molecule has 0 radical (unpaired) electrons. The molecule has 1 saturated heterocycles. The van der Waals surface area contributed by atoms with Gasteiger partial charge in [0, 0.05) is 19.0 Å². The molecule has 1 heterocycles. The number of likely N-dealkylation sites (tertiary alicyclic amines) is 1. The average Bonchev–Trinajstić information content (AvgIpc) is 2.39. The van der Waals surface area contributed by atoms with Crippen LogP contribution in [0.25, 0.3) is 0 Å². The summed E-state index contributed by atoms with van der Waals surface area (Å²) in [5.41, 5.74) is 0. The van der Waals surface area contributed by atoms with E-state index in [4.69, 9.17) is 0 Å². The number of likely N-dealkylation sites (N-methyl/N-ethyl adjacent to an activating group) is 1. The standard InChI is InChI=1S/C13H24N2O2/c1-4-14(5-2)13(17)11(3)15-8-6-12(10-16)7-9-15/h10-12H,4-9H2,1-3H3. The fraction of sp³-hybridized carbons (Fsp3) is 0.846. The second-order valence-electron chi connectivity index (χ2n) is 4.70. The first-order chi connectivity index (χ1) is 8.13. The van der Waals surface area contributed by atoms with E-state index in [1.165, 1.54) is 0 Å². The van der Waals surface area contributed by atoms with Gasteiger partial charge in [-0.1, -0.05) is 0 Å². The molecule has 1 aliphatic heterocycles. The van der Waals surface area contributed by atoms with E-state index in [1.54, 1.807) is 0 Å². The van der Waals surface area contributed by atoms with Gasteiger partial charge in [-0.3, -0.25) is 9.69 Å². The minimum Gasteiger partial charge on any atom is -0.342 e. The van der Waals surface area contributed by atoms with Crippen molar-refractivity contribution in [3.63, 3.8) is 0 Å². The maximum absolute atomic E-state index is 12.2. The molecule has 0 aromatic rings. The fourth-order valence-electron chi connectivity index (χ4n) is 2.40. The van der Waals surface area contributed by atoms with Gasteiger partial charge >= 0.3 is 0 Å². The zero-order chi connectivity index (χ0) is 12.8. The van der Waals surface area contributed by atoms with Gasteiger partial charge in [-0.05, 0) is 46.7 Å². The Balaban J connectivity index is 2.50. The number of hydrogen-bond acceptors (Lipinski definition) is 3. The second kappa shape index (κ2) is 6.74. The zero-order valence-electron chi connectivity index (χ0n) is 11.2. The molecule has 0 spiro atoms. The number of piperidine rings is 1. The van der Waals surface area contributed by atoms with Crippen molar-refractivity contribution in [2.24, 2.45) is 5.92 Å². The first kappa shape index (κ1) is 14.2. The maximum atomic E-state index is 12.2. The summed E-state index contributed by atoms with van der Waals surface area (Å²) in [6, 6.07) is -0.0532. The van der Waals surface area contributed by atoms with E-state index in [0.29, 0.717) is 0 Å². The van der Waals surface area contributed by atoms with E-state index < -0.39 is 0 Å². The summed E-state index contributed by atoms with van der Waals surface area (Å²) in [6.07, 6.45) is 2.83. The summed E-state index contributed by atoms with van der Waals surface area (Å²) in [5, 5.41) is 0. The van der Waals surface area contributed by atoms with Crippen molar-refractivity contribution >= 4 is 12.2 Å². The third-order valence-electron chi connectivity index (χ3n) is 3.75. The molecular formula is C13H24N2O2. The molecule has 4 heteroatoms. The lowest BCUT2D eigenvalue weighted by Crippen LogP contribution is -2.49. The largest absolute Gasteiger partial charge is 0.342 e. The van der Waals surface area contributed by atoms with Crippen LogP contribution in [0.3, 0.4) is 0 Å². The zero-order valence-corrected chi connectivity index (χ0v) is 11.2. The number of rotatable bonds is 5. The molecule has 0 saturated carbocycles. The fourth-order valence-corrected chi connectivity index (χ4v) is 2.40. The third-order valence-corrected chi connectivity index (χ3v) is 3.75. The van der Waals surface area contributed by atoms with Gasteiger partial charge in [0.15, 0.2) is 0 Å². The summed E-state index contributed by atoms with van der Waals surface area (Å²) in [4.78, 5) is 26.9. The highest BCUT2D eigenvalue weighted by molar-refractivity contribution is 5.81. The first-order valence-electron chi connectivity index (χ1n) is 6.62. The molecule has 0 aliphatic carbocycles. The molecule has 0 aromatic carbocycles. The van der Waals surface area contributed by atoms with Crippen LogP contribution >= 0.6 is 0 Å². The molecule has 1 unspecified atom stereocenters. The summed E-state index contributed by atoms with van der Waals surface area (Å²) >= 11 is 0. The van der Waals surface area contributed by atoms with Crippen LogP contribution in [-0.4, -0.2) is 54.2 Å². The Morgan fingerprint density at radius 1 is 1.35 bits per heavy atom. The average molecular weight is 240 g/mol. The lowest BCUT2D eigenvalue weighted by molar-refractivity contribution is -0.136. The predicted octanol–water partition coefficient (Wildman–Crippen LogP) is 1.15. The highest BCUT2D eigenvalue weighted by atomic mass is 16.2. The Kier molecular flexibility index (Phi) is 5.62. The highest BCUT2D eigenvalue weighted by Crippen LogP contribution is 2.17. The number of amides is 1. The SMILES string of the molecule is CCN(CC)C(=O)C(C)N1CCC(C=O)CC1. The van der Waals surface area contributed by atoms with Crippen molar-refractivity contribution in [2.75, 3.05) is 26.2 Å². The summed E-state index contributed by atoms with van der Waals surface area (Å²) in [5.74, 6) is 0.404. The molecule has 1 amide bonds. The van der Waals surface area contributed by atoms with Crippen molar-refractivity contribution in [2.45, 2.75) is 39.7 Å². The third kappa shape index (κ3) is 3.53. The molecule has 0 bridgehead atoms. The number of carbonyl (C=O) groups excluding carboxylic acids is 2. The molecule has 4 nitrogen and oxygen atoms in total. The Morgan fingerprint density at radius 3 is 2.29 bits per heavy atom. The Hall–Kier alpha value is -0.900. The van der Waals surface area contributed by atoms with Gasteiger partial charge in [0.05, 0.1) is 6.04 Å². The normalized spacial score (nSPS) is 19.9. The molecule has 0 aromatic heterocycles. The van der Waals surface area contributed by atoms with Crippen LogP contribution in [0.4, 0.5) is 0 Å². The van der Waals surface area contributed by atoms with Gasteiger partial charge in [0.25, 0.3) is 0 Å². The van der Waals surface area contributed by atoms with Crippen LogP contribution in [-0.2, 0) is 9.59 Å². The lowest BCUT2D eigenvalue weighted by Gasteiger charge is -2.35. The Bertz CT molecular complexity index is 256. The molecule has 1 aliphatic rings. The lowest BCUT2D eigenvalue weighted by atomic mass is 9.97. The van der Waals surface area contributed by atoms with Gasteiger partial charge in [-0.2, -0.15) is 0 Å². The summed E-state index contributed by atoms with van der Waals surface area (Å²) in [6.45, 7) is 9.24. The van der Waals surface area contributed by atoms with Gasteiger partial charge in [0.1, 0.15) is 6.29 Å². The molecule has 1 fully saturated rings. The van der Waals surface area contributed by atoms with Gasteiger partial charge in [-0.15, -0.1) is 0 Å². The number of hydrogen-bond donors (Lipinski definition) is 0. The van der Waals surface area contributed by atoms with Crippen molar-refractivity contribution < 1.29 is 9.59 Å².